The summed E-state index contributed by atoms with van der Waals surface area (Å²) >= 11 is 0. The summed E-state index contributed by atoms with van der Waals surface area (Å²) < 4.78 is 0. The molecule has 1 heteroatoms. The summed E-state index contributed by atoms with van der Waals surface area (Å²) in [6.07, 6.45) is 7.20. The molecule has 0 aromatic heterocycles. The van der Waals surface area contributed by atoms with Crippen molar-refractivity contribution in [1.82, 2.24) is 0 Å². The lowest BCUT2D eigenvalue weighted by atomic mass is 9.67. The fourth-order valence-electron chi connectivity index (χ4n) is 3.98. The van der Waals surface area contributed by atoms with E-state index < -0.39 is 0 Å². The van der Waals surface area contributed by atoms with Gasteiger partial charge in [-0.3, -0.25) is 4.99 Å². The average molecular weight is 191 g/mol. The lowest BCUT2D eigenvalue weighted by molar-refractivity contribution is 0.118. The lowest BCUT2D eigenvalue weighted by Crippen LogP contribution is -2.29. The van der Waals surface area contributed by atoms with E-state index in [1.807, 2.05) is 0 Å². The molecule has 3 rings (SSSR count). The van der Waals surface area contributed by atoms with E-state index >= 15 is 0 Å². The molecular weight excluding hydrogens is 170 g/mol. The van der Waals surface area contributed by atoms with Crippen LogP contribution in [0.5, 0.6) is 0 Å². The summed E-state index contributed by atoms with van der Waals surface area (Å²) in [4.78, 5) is 4.78. The number of nitrogens with zero attached hydrogens (tertiary/aromatic N) is 1. The molecule has 5 atom stereocenters. The maximum atomic E-state index is 4.78. The SMILES string of the molecule is CC1=NC2CC(C3CCC3C)CC2C1. The first-order chi connectivity index (χ1) is 6.74. The second-order valence-electron chi connectivity index (χ2n) is 5.85. The van der Waals surface area contributed by atoms with Crippen LogP contribution in [0.4, 0.5) is 0 Å². The minimum atomic E-state index is 0.729. The highest BCUT2D eigenvalue weighted by atomic mass is 14.9. The standard InChI is InChI=1S/C13H21N/c1-8-3-4-12(8)10-6-11-5-9(2)14-13(11)7-10/h8,10-13H,3-7H2,1-2H3. The Morgan fingerprint density at radius 3 is 2.57 bits per heavy atom. The average Bonchev–Trinajstić information content (AvgIpc) is 2.58. The molecule has 1 heterocycles. The van der Waals surface area contributed by atoms with Crippen molar-refractivity contribution in [1.29, 1.82) is 0 Å². The minimum absolute atomic E-state index is 0.729. The van der Waals surface area contributed by atoms with Crippen molar-refractivity contribution in [3.05, 3.63) is 0 Å². The van der Waals surface area contributed by atoms with Crippen LogP contribution in [-0.2, 0) is 0 Å². The Hall–Kier alpha value is -0.330. The van der Waals surface area contributed by atoms with Crippen molar-refractivity contribution < 1.29 is 0 Å². The molecule has 14 heavy (non-hydrogen) atoms. The summed E-state index contributed by atoms with van der Waals surface area (Å²) in [7, 11) is 0. The first-order valence-electron chi connectivity index (χ1n) is 6.27. The van der Waals surface area contributed by atoms with Crippen molar-refractivity contribution >= 4 is 5.71 Å². The predicted octanol–water partition coefficient (Wildman–Crippen LogP) is 3.29. The third-order valence-corrected chi connectivity index (χ3v) is 4.93. The van der Waals surface area contributed by atoms with Gasteiger partial charge in [0.1, 0.15) is 0 Å². The molecule has 5 unspecified atom stereocenters. The first-order valence-corrected chi connectivity index (χ1v) is 6.27. The molecule has 2 aliphatic carbocycles. The van der Waals surface area contributed by atoms with Crippen LogP contribution in [-0.4, -0.2) is 11.8 Å². The topological polar surface area (TPSA) is 12.4 Å². The van der Waals surface area contributed by atoms with E-state index in [0.29, 0.717) is 0 Å². The number of hydrogen-bond acceptors (Lipinski definition) is 1. The van der Waals surface area contributed by atoms with Gasteiger partial charge in [0.05, 0.1) is 6.04 Å². The van der Waals surface area contributed by atoms with Crippen LogP contribution < -0.4 is 0 Å². The molecule has 0 saturated heterocycles. The van der Waals surface area contributed by atoms with E-state index in [1.54, 1.807) is 0 Å². The smallest absolute Gasteiger partial charge is 0.0533 e. The van der Waals surface area contributed by atoms with Gasteiger partial charge in [-0.05, 0) is 56.3 Å². The second-order valence-corrected chi connectivity index (χ2v) is 5.85. The molecule has 3 aliphatic rings. The van der Waals surface area contributed by atoms with Crippen LogP contribution in [0.15, 0.2) is 4.99 Å². The van der Waals surface area contributed by atoms with Crippen LogP contribution in [0.2, 0.25) is 0 Å². The van der Waals surface area contributed by atoms with Crippen molar-refractivity contribution in [3.63, 3.8) is 0 Å². The van der Waals surface area contributed by atoms with E-state index in [0.717, 1.165) is 29.7 Å². The van der Waals surface area contributed by atoms with Crippen LogP contribution in [0.1, 0.15) is 46.0 Å². The van der Waals surface area contributed by atoms with Crippen LogP contribution in [0.3, 0.4) is 0 Å². The largest absolute Gasteiger partial charge is 0.291 e. The Labute approximate surface area is 87.0 Å². The van der Waals surface area contributed by atoms with Crippen molar-refractivity contribution in [2.24, 2.45) is 28.7 Å². The summed E-state index contributed by atoms with van der Waals surface area (Å²) in [5.74, 6) is 4.05. The van der Waals surface area contributed by atoms with Gasteiger partial charge in [0.2, 0.25) is 0 Å². The second kappa shape index (κ2) is 3.08. The zero-order chi connectivity index (χ0) is 9.71. The van der Waals surface area contributed by atoms with Gasteiger partial charge in [0.15, 0.2) is 0 Å². The van der Waals surface area contributed by atoms with E-state index in [-0.39, 0.29) is 0 Å². The molecule has 1 nitrogen and oxygen atoms in total. The molecule has 0 aromatic carbocycles. The van der Waals surface area contributed by atoms with E-state index in [4.69, 9.17) is 4.99 Å². The quantitative estimate of drug-likeness (QED) is 0.603. The Bertz CT molecular complexity index is 268. The highest BCUT2D eigenvalue weighted by Gasteiger charge is 2.44. The summed E-state index contributed by atoms with van der Waals surface area (Å²) in [5, 5.41) is 0. The lowest BCUT2D eigenvalue weighted by Gasteiger charge is -2.38. The van der Waals surface area contributed by atoms with Crippen LogP contribution >= 0.6 is 0 Å². The molecule has 0 radical (unpaired) electrons. The van der Waals surface area contributed by atoms with Crippen molar-refractivity contribution in [2.45, 2.75) is 52.0 Å². The Kier molecular flexibility index (Phi) is 1.97. The molecule has 2 fully saturated rings. The summed E-state index contributed by atoms with van der Waals surface area (Å²) in [6.45, 7) is 4.65. The third-order valence-electron chi connectivity index (χ3n) is 4.93. The maximum absolute atomic E-state index is 4.78. The number of rotatable bonds is 1. The Morgan fingerprint density at radius 1 is 1.14 bits per heavy atom. The zero-order valence-corrected chi connectivity index (χ0v) is 9.37. The van der Waals surface area contributed by atoms with Crippen LogP contribution in [0.25, 0.3) is 0 Å². The molecule has 0 spiro atoms. The van der Waals surface area contributed by atoms with Crippen LogP contribution in [0, 0.1) is 23.7 Å². The third kappa shape index (κ3) is 1.24. The van der Waals surface area contributed by atoms with Gasteiger partial charge < -0.3 is 0 Å². The van der Waals surface area contributed by atoms with E-state index in [1.165, 1.54) is 37.8 Å². The fourth-order valence-corrected chi connectivity index (χ4v) is 3.98. The van der Waals surface area contributed by atoms with Gasteiger partial charge in [-0.2, -0.15) is 0 Å². The van der Waals surface area contributed by atoms with E-state index in [9.17, 15) is 0 Å². The molecule has 0 aromatic rings. The molecule has 0 N–H and O–H groups in total. The normalized spacial score (nSPS) is 51.3. The highest BCUT2D eigenvalue weighted by Crippen LogP contribution is 2.50. The first kappa shape index (κ1) is 8.94. The van der Waals surface area contributed by atoms with Gasteiger partial charge in [0, 0.05) is 5.71 Å². The summed E-state index contributed by atoms with van der Waals surface area (Å²) in [5.41, 5.74) is 1.42. The van der Waals surface area contributed by atoms with Gasteiger partial charge in [-0.1, -0.05) is 13.3 Å². The van der Waals surface area contributed by atoms with E-state index in [2.05, 4.69) is 13.8 Å². The highest BCUT2D eigenvalue weighted by molar-refractivity contribution is 5.84. The summed E-state index contributed by atoms with van der Waals surface area (Å²) in [6, 6.07) is 0.729. The van der Waals surface area contributed by atoms with Gasteiger partial charge in [-0.25, -0.2) is 0 Å². The Balaban J connectivity index is 1.66. The molecule has 2 saturated carbocycles. The van der Waals surface area contributed by atoms with Gasteiger partial charge in [0.25, 0.3) is 0 Å². The minimum Gasteiger partial charge on any atom is -0.291 e. The molecule has 0 amide bonds. The van der Waals surface area contributed by atoms with Crippen molar-refractivity contribution in [2.75, 3.05) is 0 Å². The molecule has 0 bridgehead atoms. The zero-order valence-electron chi connectivity index (χ0n) is 9.37. The molecule has 1 aliphatic heterocycles. The van der Waals surface area contributed by atoms with Gasteiger partial charge >= 0.3 is 0 Å². The monoisotopic (exact) mass is 191 g/mol. The predicted molar refractivity (Wildman–Crippen MR) is 59.6 cm³/mol. The van der Waals surface area contributed by atoms with Gasteiger partial charge in [-0.15, -0.1) is 0 Å². The number of hydrogen-bond donors (Lipinski definition) is 0. The maximum Gasteiger partial charge on any atom is 0.0533 e. The molecular formula is C13H21N. The Morgan fingerprint density at radius 2 is 2.00 bits per heavy atom. The fraction of sp³-hybridized carbons (Fsp3) is 0.923. The number of aliphatic imine (C=N–C) groups is 1. The van der Waals surface area contributed by atoms with Crippen molar-refractivity contribution in [3.8, 4) is 0 Å². The molecule has 78 valence electrons. The number of fused-ring (bicyclic) bond motifs is 1.